The van der Waals surface area contributed by atoms with Gasteiger partial charge in [-0.25, -0.2) is 0 Å². The molecule has 0 atom stereocenters. The highest BCUT2D eigenvalue weighted by atomic mass is 15.2. The minimum absolute atomic E-state index is 0.656. The molecule has 0 aromatic heterocycles. The second kappa shape index (κ2) is 5.17. The van der Waals surface area contributed by atoms with Crippen LogP contribution in [0.4, 0.5) is 5.69 Å². The topological polar surface area (TPSA) is 56.3 Å². The molecule has 0 bridgehead atoms. The molecule has 1 aromatic rings. The van der Waals surface area contributed by atoms with Gasteiger partial charge < -0.3 is 10.6 Å². The van der Waals surface area contributed by atoms with Crippen molar-refractivity contribution in [2.75, 3.05) is 39.0 Å². The number of likely N-dealkylation sites (N-methyl/N-ethyl adjacent to an activating group) is 1. The van der Waals surface area contributed by atoms with E-state index >= 15 is 0 Å². The van der Waals surface area contributed by atoms with Crippen molar-refractivity contribution in [1.29, 1.82) is 5.26 Å². The zero-order chi connectivity index (χ0) is 12.3. The summed E-state index contributed by atoms with van der Waals surface area (Å²) in [5.41, 5.74) is 8.11. The Morgan fingerprint density at radius 3 is 2.65 bits per heavy atom. The Hall–Kier alpha value is -1.57. The van der Waals surface area contributed by atoms with Crippen molar-refractivity contribution in [3.63, 3.8) is 0 Å². The highest BCUT2D eigenvalue weighted by Gasteiger charge is 2.15. The monoisotopic (exact) mass is 230 g/mol. The van der Waals surface area contributed by atoms with Crippen LogP contribution < -0.4 is 5.73 Å². The normalized spacial score (nSPS) is 17.9. The summed E-state index contributed by atoms with van der Waals surface area (Å²) < 4.78 is 0. The molecule has 0 amide bonds. The Morgan fingerprint density at radius 1 is 1.29 bits per heavy atom. The van der Waals surface area contributed by atoms with Gasteiger partial charge in [0.2, 0.25) is 0 Å². The number of benzene rings is 1. The number of hydrogen-bond donors (Lipinski definition) is 1. The van der Waals surface area contributed by atoms with E-state index in [0.29, 0.717) is 11.3 Å². The fourth-order valence-corrected chi connectivity index (χ4v) is 2.08. The Bertz CT molecular complexity index is 428. The van der Waals surface area contributed by atoms with Crippen LogP contribution in [0.1, 0.15) is 11.1 Å². The van der Waals surface area contributed by atoms with E-state index in [9.17, 15) is 0 Å². The second-order valence-electron chi connectivity index (χ2n) is 4.61. The molecule has 2 N–H and O–H groups in total. The number of nitrogens with two attached hydrogens (primary N) is 1. The molecule has 0 radical (unpaired) electrons. The average molecular weight is 230 g/mol. The Labute approximate surface area is 102 Å². The number of anilines is 1. The van der Waals surface area contributed by atoms with Crippen LogP contribution in [-0.2, 0) is 6.54 Å². The molecule has 1 heterocycles. The number of nitrogens with zero attached hydrogens (tertiary/aromatic N) is 3. The third-order valence-corrected chi connectivity index (χ3v) is 3.24. The molecular weight excluding hydrogens is 212 g/mol. The highest BCUT2D eigenvalue weighted by molar-refractivity contribution is 5.49. The summed E-state index contributed by atoms with van der Waals surface area (Å²) in [4.78, 5) is 4.71. The number of hydrogen-bond acceptors (Lipinski definition) is 4. The second-order valence-corrected chi connectivity index (χ2v) is 4.61. The number of nitriles is 1. The van der Waals surface area contributed by atoms with E-state index in [1.165, 1.54) is 0 Å². The summed E-state index contributed by atoms with van der Waals surface area (Å²) >= 11 is 0. The highest BCUT2D eigenvalue weighted by Crippen LogP contribution is 2.15. The van der Waals surface area contributed by atoms with Gasteiger partial charge in [0.05, 0.1) is 11.6 Å². The molecule has 1 aliphatic heterocycles. The first-order valence-electron chi connectivity index (χ1n) is 5.88. The van der Waals surface area contributed by atoms with Crippen LogP contribution in [0, 0.1) is 11.3 Å². The van der Waals surface area contributed by atoms with Crippen LogP contribution in [0.2, 0.25) is 0 Å². The molecule has 4 heteroatoms. The molecule has 0 aliphatic carbocycles. The van der Waals surface area contributed by atoms with Crippen molar-refractivity contribution in [2.45, 2.75) is 6.54 Å². The average Bonchev–Trinajstić information content (AvgIpc) is 2.34. The largest absolute Gasteiger partial charge is 0.399 e. The summed E-state index contributed by atoms with van der Waals surface area (Å²) in [6.07, 6.45) is 0. The van der Waals surface area contributed by atoms with Crippen LogP contribution >= 0.6 is 0 Å². The van der Waals surface area contributed by atoms with Crippen LogP contribution in [0.5, 0.6) is 0 Å². The van der Waals surface area contributed by atoms with E-state index in [-0.39, 0.29) is 0 Å². The Morgan fingerprint density at radius 2 is 2.00 bits per heavy atom. The van der Waals surface area contributed by atoms with E-state index in [2.05, 4.69) is 22.9 Å². The van der Waals surface area contributed by atoms with Gasteiger partial charge in [-0.3, -0.25) is 4.90 Å². The van der Waals surface area contributed by atoms with Crippen LogP contribution in [-0.4, -0.2) is 43.0 Å². The van der Waals surface area contributed by atoms with Crippen LogP contribution in [0.3, 0.4) is 0 Å². The van der Waals surface area contributed by atoms with Crippen LogP contribution in [0.25, 0.3) is 0 Å². The molecule has 0 saturated carbocycles. The molecule has 0 spiro atoms. The van der Waals surface area contributed by atoms with E-state index in [1.54, 1.807) is 6.07 Å². The first-order valence-corrected chi connectivity index (χ1v) is 5.88. The fourth-order valence-electron chi connectivity index (χ4n) is 2.08. The zero-order valence-corrected chi connectivity index (χ0v) is 10.2. The minimum Gasteiger partial charge on any atom is -0.399 e. The standard InChI is InChI=1S/C13H18N4/c1-16-4-6-17(7-5-16)10-11-2-3-13(15)8-12(11)9-14/h2-3,8H,4-7,10,15H2,1H3. The summed E-state index contributed by atoms with van der Waals surface area (Å²) in [5.74, 6) is 0. The van der Waals surface area contributed by atoms with Gasteiger partial charge in [-0.2, -0.15) is 5.26 Å². The summed E-state index contributed by atoms with van der Waals surface area (Å²) in [7, 11) is 2.14. The summed E-state index contributed by atoms with van der Waals surface area (Å²) in [5, 5.41) is 9.08. The Kier molecular flexibility index (Phi) is 3.62. The third-order valence-electron chi connectivity index (χ3n) is 3.24. The summed E-state index contributed by atoms with van der Waals surface area (Å²) in [6.45, 7) is 5.15. The predicted molar refractivity (Wildman–Crippen MR) is 68.3 cm³/mol. The van der Waals surface area contributed by atoms with Crippen molar-refractivity contribution in [3.8, 4) is 6.07 Å². The van der Waals surface area contributed by atoms with E-state index in [4.69, 9.17) is 11.0 Å². The Balaban J connectivity index is 2.06. The van der Waals surface area contributed by atoms with Crippen LogP contribution in [0.15, 0.2) is 18.2 Å². The van der Waals surface area contributed by atoms with Crippen molar-refractivity contribution in [3.05, 3.63) is 29.3 Å². The van der Waals surface area contributed by atoms with Crippen molar-refractivity contribution in [2.24, 2.45) is 0 Å². The lowest BCUT2D eigenvalue weighted by Crippen LogP contribution is -2.43. The smallest absolute Gasteiger partial charge is 0.0995 e. The molecule has 1 aromatic carbocycles. The van der Waals surface area contributed by atoms with Gasteiger partial charge in [-0.1, -0.05) is 6.07 Å². The van der Waals surface area contributed by atoms with Gasteiger partial charge in [0, 0.05) is 38.4 Å². The number of nitrogen functional groups attached to an aromatic ring is 1. The van der Waals surface area contributed by atoms with Gasteiger partial charge in [0.1, 0.15) is 0 Å². The summed E-state index contributed by atoms with van der Waals surface area (Å²) in [6, 6.07) is 7.80. The minimum atomic E-state index is 0.656. The molecule has 1 fully saturated rings. The van der Waals surface area contributed by atoms with E-state index < -0.39 is 0 Å². The molecule has 17 heavy (non-hydrogen) atoms. The van der Waals surface area contributed by atoms with E-state index in [0.717, 1.165) is 38.3 Å². The van der Waals surface area contributed by atoms with Crippen molar-refractivity contribution in [1.82, 2.24) is 9.80 Å². The quantitative estimate of drug-likeness (QED) is 0.767. The first kappa shape index (κ1) is 11.9. The van der Waals surface area contributed by atoms with Gasteiger partial charge in [0.25, 0.3) is 0 Å². The van der Waals surface area contributed by atoms with Crippen molar-refractivity contribution < 1.29 is 0 Å². The lowest BCUT2D eigenvalue weighted by molar-refractivity contribution is 0.148. The number of piperazine rings is 1. The predicted octanol–water partition coefficient (Wildman–Crippen LogP) is 0.888. The van der Waals surface area contributed by atoms with Gasteiger partial charge >= 0.3 is 0 Å². The zero-order valence-electron chi connectivity index (χ0n) is 10.2. The molecule has 0 unspecified atom stereocenters. The maximum absolute atomic E-state index is 9.08. The maximum atomic E-state index is 9.08. The fraction of sp³-hybridized carbons (Fsp3) is 0.462. The lowest BCUT2D eigenvalue weighted by Gasteiger charge is -2.32. The van der Waals surface area contributed by atoms with Crippen molar-refractivity contribution >= 4 is 5.69 Å². The molecule has 2 rings (SSSR count). The molecule has 90 valence electrons. The SMILES string of the molecule is CN1CCN(Cc2ccc(N)cc2C#N)CC1. The molecule has 1 aliphatic rings. The van der Waals surface area contributed by atoms with Gasteiger partial charge in [-0.05, 0) is 24.7 Å². The third kappa shape index (κ3) is 2.96. The first-order chi connectivity index (χ1) is 8.19. The maximum Gasteiger partial charge on any atom is 0.0995 e. The molecule has 1 saturated heterocycles. The lowest BCUT2D eigenvalue weighted by atomic mass is 10.1. The van der Waals surface area contributed by atoms with Gasteiger partial charge in [-0.15, -0.1) is 0 Å². The van der Waals surface area contributed by atoms with Gasteiger partial charge in [0.15, 0.2) is 0 Å². The molecular formula is C13H18N4. The van der Waals surface area contributed by atoms with E-state index in [1.807, 2.05) is 12.1 Å². The molecule has 4 nitrogen and oxygen atoms in total. The number of rotatable bonds is 2.